The maximum Gasteiger partial charge on any atom is 0.253 e. The van der Waals surface area contributed by atoms with Gasteiger partial charge in [0.25, 0.3) is 5.91 Å². The van der Waals surface area contributed by atoms with E-state index in [9.17, 15) is 4.79 Å². The molecule has 1 amide bonds. The molecule has 0 heterocycles. The van der Waals surface area contributed by atoms with Crippen LogP contribution >= 0.6 is 11.6 Å². The normalized spacial score (nSPS) is 23.7. The van der Waals surface area contributed by atoms with Gasteiger partial charge in [0, 0.05) is 12.1 Å². The van der Waals surface area contributed by atoms with E-state index >= 15 is 0 Å². The Bertz CT molecular complexity index is 461. The number of nitrogens with two attached hydrogens (primary N) is 1. The van der Waals surface area contributed by atoms with Crippen molar-refractivity contribution in [3.8, 4) is 0 Å². The molecule has 104 valence electrons. The standard InChI is InChI=1S/C15H21ClN2O/c1-10-6-5-7-11(14(10)16)15(19)18-13-9-4-2-3-8-12(13)17/h5-7,12-13H,2-4,8-9,17H2,1H3,(H,18,19). The zero-order valence-electron chi connectivity index (χ0n) is 11.3. The Labute approximate surface area is 119 Å². The van der Waals surface area contributed by atoms with Crippen molar-refractivity contribution in [2.75, 3.05) is 0 Å². The third kappa shape index (κ3) is 3.48. The number of amides is 1. The minimum atomic E-state index is -0.115. The highest BCUT2D eigenvalue weighted by Crippen LogP contribution is 2.22. The lowest BCUT2D eigenvalue weighted by Crippen LogP contribution is -2.47. The second-order valence-electron chi connectivity index (χ2n) is 5.32. The molecule has 0 spiro atoms. The first kappa shape index (κ1) is 14.4. The van der Waals surface area contributed by atoms with Crippen LogP contribution in [0.25, 0.3) is 0 Å². The first-order valence-electron chi connectivity index (χ1n) is 6.91. The number of carbonyl (C=O) groups is 1. The van der Waals surface area contributed by atoms with Crippen LogP contribution in [0, 0.1) is 6.92 Å². The summed E-state index contributed by atoms with van der Waals surface area (Å²) in [5.41, 5.74) is 7.58. The van der Waals surface area contributed by atoms with Gasteiger partial charge in [0.2, 0.25) is 0 Å². The Morgan fingerprint density at radius 1 is 1.32 bits per heavy atom. The number of halogens is 1. The van der Waals surface area contributed by atoms with Crippen LogP contribution in [0.5, 0.6) is 0 Å². The van der Waals surface area contributed by atoms with Crippen LogP contribution in [0.4, 0.5) is 0 Å². The molecule has 2 unspecified atom stereocenters. The molecule has 0 saturated heterocycles. The SMILES string of the molecule is Cc1cccc(C(=O)NC2CCCCCC2N)c1Cl. The molecule has 2 atom stereocenters. The van der Waals surface area contributed by atoms with Gasteiger partial charge < -0.3 is 11.1 Å². The Morgan fingerprint density at radius 3 is 2.84 bits per heavy atom. The van der Waals surface area contributed by atoms with Gasteiger partial charge >= 0.3 is 0 Å². The molecule has 0 aromatic heterocycles. The number of aryl methyl sites for hydroxylation is 1. The summed E-state index contributed by atoms with van der Waals surface area (Å²) in [4.78, 5) is 12.3. The van der Waals surface area contributed by atoms with Gasteiger partial charge in [-0.25, -0.2) is 0 Å². The van der Waals surface area contributed by atoms with Crippen molar-refractivity contribution in [1.29, 1.82) is 0 Å². The fourth-order valence-electron chi connectivity index (χ4n) is 2.58. The molecule has 1 fully saturated rings. The van der Waals surface area contributed by atoms with Crippen LogP contribution in [0.1, 0.15) is 48.0 Å². The minimum Gasteiger partial charge on any atom is -0.348 e. The van der Waals surface area contributed by atoms with Gasteiger partial charge in [-0.2, -0.15) is 0 Å². The smallest absolute Gasteiger partial charge is 0.253 e. The third-order valence-electron chi connectivity index (χ3n) is 3.82. The highest BCUT2D eigenvalue weighted by atomic mass is 35.5. The van der Waals surface area contributed by atoms with Crippen LogP contribution in [0.2, 0.25) is 5.02 Å². The summed E-state index contributed by atoms with van der Waals surface area (Å²) in [5, 5.41) is 3.57. The number of carbonyl (C=O) groups excluding carboxylic acids is 1. The molecular formula is C15H21ClN2O. The summed E-state index contributed by atoms with van der Waals surface area (Å²) in [7, 11) is 0. The summed E-state index contributed by atoms with van der Waals surface area (Å²) >= 11 is 6.18. The lowest BCUT2D eigenvalue weighted by atomic mass is 10.0. The van der Waals surface area contributed by atoms with Crippen LogP contribution in [-0.4, -0.2) is 18.0 Å². The minimum absolute atomic E-state index is 0.0510. The quantitative estimate of drug-likeness (QED) is 0.818. The first-order chi connectivity index (χ1) is 9.09. The van der Waals surface area contributed by atoms with E-state index in [2.05, 4.69) is 5.32 Å². The number of rotatable bonds is 2. The number of benzene rings is 1. The van der Waals surface area contributed by atoms with E-state index in [4.69, 9.17) is 17.3 Å². The molecule has 4 heteroatoms. The van der Waals surface area contributed by atoms with Crippen molar-refractivity contribution < 1.29 is 4.79 Å². The second-order valence-corrected chi connectivity index (χ2v) is 5.70. The largest absolute Gasteiger partial charge is 0.348 e. The lowest BCUT2D eigenvalue weighted by molar-refractivity contribution is 0.0929. The van der Waals surface area contributed by atoms with Gasteiger partial charge in [-0.3, -0.25) is 4.79 Å². The predicted molar refractivity (Wildman–Crippen MR) is 78.5 cm³/mol. The predicted octanol–water partition coefficient (Wildman–Crippen LogP) is 3.04. The number of nitrogens with one attached hydrogen (secondary N) is 1. The van der Waals surface area contributed by atoms with E-state index < -0.39 is 0 Å². The Hall–Kier alpha value is -1.06. The van der Waals surface area contributed by atoms with Crippen molar-refractivity contribution in [2.24, 2.45) is 5.73 Å². The Balaban J connectivity index is 2.09. The topological polar surface area (TPSA) is 55.1 Å². The molecule has 0 bridgehead atoms. The summed E-state index contributed by atoms with van der Waals surface area (Å²) < 4.78 is 0. The molecule has 1 saturated carbocycles. The summed E-state index contributed by atoms with van der Waals surface area (Å²) in [5.74, 6) is -0.115. The van der Waals surface area contributed by atoms with E-state index in [0.29, 0.717) is 10.6 Å². The molecule has 2 rings (SSSR count). The van der Waals surface area contributed by atoms with E-state index in [1.165, 1.54) is 6.42 Å². The molecule has 3 N–H and O–H groups in total. The Morgan fingerprint density at radius 2 is 2.05 bits per heavy atom. The monoisotopic (exact) mass is 280 g/mol. The third-order valence-corrected chi connectivity index (χ3v) is 4.32. The molecule has 19 heavy (non-hydrogen) atoms. The molecule has 0 aliphatic heterocycles. The average molecular weight is 281 g/mol. The lowest BCUT2D eigenvalue weighted by Gasteiger charge is -2.23. The maximum atomic E-state index is 12.3. The summed E-state index contributed by atoms with van der Waals surface area (Å²) in [6.45, 7) is 1.90. The van der Waals surface area contributed by atoms with Crippen molar-refractivity contribution in [3.63, 3.8) is 0 Å². The van der Waals surface area contributed by atoms with Gasteiger partial charge in [0.1, 0.15) is 0 Å². The zero-order valence-corrected chi connectivity index (χ0v) is 12.0. The fourth-order valence-corrected chi connectivity index (χ4v) is 2.80. The van der Waals surface area contributed by atoms with Crippen molar-refractivity contribution in [3.05, 3.63) is 34.3 Å². The zero-order chi connectivity index (χ0) is 13.8. The van der Waals surface area contributed by atoms with Crippen molar-refractivity contribution in [1.82, 2.24) is 5.32 Å². The molecule has 1 aromatic rings. The Kier molecular flexibility index (Phi) is 4.83. The van der Waals surface area contributed by atoms with E-state index in [1.54, 1.807) is 6.07 Å². The van der Waals surface area contributed by atoms with Crippen LogP contribution in [0.3, 0.4) is 0 Å². The second kappa shape index (κ2) is 6.40. The van der Waals surface area contributed by atoms with E-state index in [1.807, 2.05) is 19.1 Å². The van der Waals surface area contributed by atoms with Gasteiger partial charge in [0.15, 0.2) is 0 Å². The summed E-state index contributed by atoms with van der Waals surface area (Å²) in [6, 6.07) is 5.62. The highest BCUT2D eigenvalue weighted by molar-refractivity contribution is 6.34. The molecule has 1 aliphatic rings. The van der Waals surface area contributed by atoms with Crippen molar-refractivity contribution in [2.45, 2.75) is 51.1 Å². The highest BCUT2D eigenvalue weighted by Gasteiger charge is 2.23. The van der Waals surface area contributed by atoms with Gasteiger partial charge in [-0.05, 0) is 31.4 Å². The summed E-state index contributed by atoms with van der Waals surface area (Å²) in [6.07, 6.45) is 5.41. The van der Waals surface area contributed by atoms with Crippen LogP contribution in [0.15, 0.2) is 18.2 Å². The van der Waals surface area contributed by atoms with Crippen LogP contribution in [-0.2, 0) is 0 Å². The van der Waals surface area contributed by atoms with Crippen LogP contribution < -0.4 is 11.1 Å². The molecule has 1 aliphatic carbocycles. The first-order valence-corrected chi connectivity index (χ1v) is 7.29. The van der Waals surface area contributed by atoms with Gasteiger partial charge in [-0.1, -0.05) is 43.0 Å². The van der Waals surface area contributed by atoms with Gasteiger partial charge in [0.05, 0.1) is 10.6 Å². The van der Waals surface area contributed by atoms with Gasteiger partial charge in [-0.15, -0.1) is 0 Å². The molecule has 0 radical (unpaired) electrons. The van der Waals surface area contributed by atoms with Crippen molar-refractivity contribution >= 4 is 17.5 Å². The number of hydrogen-bond donors (Lipinski definition) is 2. The van der Waals surface area contributed by atoms with E-state index in [-0.39, 0.29) is 18.0 Å². The molecular weight excluding hydrogens is 260 g/mol. The average Bonchev–Trinajstić information content (AvgIpc) is 2.58. The van der Waals surface area contributed by atoms with E-state index in [0.717, 1.165) is 31.2 Å². The molecule has 3 nitrogen and oxygen atoms in total. The maximum absolute atomic E-state index is 12.3. The fraction of sp³-hybridized carbons (Fsp3) is 0.533. The number of hydrogen-bond acceptors (Lipinski definition) is 2. The molecule has 1 aromatic carbocycles.